The molecule has 0 atom stereocenters. The Kier molecular flexibility index (Phi) is 12.8. The molecule has 1 radical (unpaired) electrons. The van der Waals surface area contributed by atoms with Crippen molar-refractivity contribution in [2.24, 2.45) is 10.8 Å². The van der Waals surface area contributed by atoms with Crippen molar-refractivity contribution in [3.63, 3.8) is 0 Å². The third kappa shape index (κ3) is 8.00. The number of fused-ring (bicyclic) bond motifs is 3. The molecule has 6 rings (SSSR count). The van der Waals surface area contributed by atoms with Crippen molar-refractivity contribution in [2.75, 3.05) is 0 Å². The van der Waals surface area contributed by atoms with Gasteiger partial charge in [-0.05, 0) is 68.5 Å². The van der Waals surface area contributed by atoms with Crippen LogP contribution in [0.3, 0.4) is 0 Å². The Hall–Kier alpha value is -3.57. The number of aliphatic hydroxyl groups excluding tert-OH is 1. The predicted octanol–water partition coefficient (Wildman–Crippen LogP) is 13.9. The number of aryl methyl sites for hydroxylation is 2. The van der Waals surface area contributed by atoms with Crippen LogP contribution in [0, 0.1) is 30.7 Å². The summed E-state index contributed by atoms with van der Waals surface area (Å²) in [7, 11) is 0. The van der Waals surface area contributed by atoms with E-state index in [9.17, 15) is 9.90 Å². The van der Waals surface area contributed by atoms with E-state index in [-0.39, 0.29) is 47.9 Å². The zero-order chi connectivity index (χ0) is 37.3. The fourth-order valence-electron chi connectivity index (χ4n) is 6.63. The van der Waals surface area contributed by atoms with Crippen molar-refractivity contribution >= 4 is 48.9 Å². The number of pyridine rings is 1. The maximum absolute atomic E-state index is 12.2. The summed E-state index contributed by atoms with van der Waals surface area (Å²) in [5.41, 5.74) is 5.62. The van der Waals surface area contributed by atoms with Gasteiger partial charge >= 0.3 is 0 Å². The summed E-state index contributed by atoms with van der Waals surface area (Å²) in [6.45, 7) is 23.2. The molecule has 4 nitrogen and oxygen atoms in total. The maximum atomic E-state index is 12.2. The van der Waals surface area contributed by atoms with Gasteiger partial charge in [-0.15, -0.1) is 40.5 Å². The van der Waals surface area contributed by atoms with E-state index in [4.69, 9.17) is 9.40 Å². The number of ketones is 1. The molecule has 0 saturated carbocycles. The summed E-state index contributed by atoms with van der Waals surface area (Å²) in [4.78, 5) is 18.3. The van der Waals surface area contributed by atoms with Crippen LogP contribution in [0.15, 0.2) is 83.1 Å². The minimum Gasteiger partial charge on any atom is -0.512 e. The molecule has 1 N–H and O–H groups in total. The van der Waals surface area contributed by atoms with Crippen LogP contribution in [-0.4, -0.2) is 15.9 Å². The number of aromatic nitrogens is 1. The molecule has 52 heavy (non-hydrogen) atoms. The molecule has 3 heterocycles. The van der Waals surface area contributed by atoms with Crippen LogP contribution >= 0.6 is 11.3 Å². The monoisotopic (exact) mass is 893 g/mol. The molecular formula is C46H54IrNO3S-. The maximum Gasteiger partial charge on any atom is 0.164 e. The minimum absolute atomic E-state index is 0. The van der Waals surface area contributed by atoms with Crippen molar-refractivity contribution in [3.8, 4) is 22.6 Å². The third-order valence-corrected chi connectivity index (χ3v) is 12.3. The van der Waals surface area contributed by atoms with E-state index >= 15 is 0 Å². The van der Waals surface area contributed by atoms with E-state index < -0.39 is 0 Å². The number of thiophene rings is 1. The van der Waals surface area contributed by atoms with Crippen molar-refractivity contribution in [1.82, 2.24) is 4.98 Å². The second-order valence-electron chi connectivity index (χ2n) is 15.5. The summed E-state index contributed by atoms with van der Waals surface area (Å²) in [6, 6.07) is 25.1. The molecule has 6 heteroatoms. The van der Waals surface area contributed by atoms with Crippen LogP contribution in [0.1, 0.15) is 104 Å². The number of furan rings is 1. The van der Waals surface area contributed by atoms with Crippen LogP contribution in [0.4, 0.5) is 0 Å². The number of nitrogens with zero attached hydrogens (tertiary/aromatic N) is 1. The zero-order valence-electron chi connectivity index (χ0n) is 32.7. The normalized spacial score (nSPS) is 12.6. The Morgan fingerprint density at radius 2 is 1.52 bits per heavy atom. The largest absolute Gasteiger partial charge is 0.512 e. The first-order valence-corrected chi connectivity index (χ1v) is 19.2. The van der Waals surface area contributed by atoms with Crippen molar-refractivity contribution in [1.29, 1.82) is 0 Å². The van der Waals surface area contributed by atoms with Crippen LogP contribution in [-0.2, 0) is 30.3 Å². The number of allylic oxidation sites excluding steroid dienone is 2. The topological polar surface area (TPSA) is 63.3 Å². The van der Waals surface area contributed by atoms with Gasteiger partial charge in [0.15, 0.2) is 5.78 Å². The Balaban J connectivity index is 0.000000289. The molecule has 0 aliphatic rings. The van der Waals surface area contributed by atoms with Crippen LogP contribution in [0.2, 0.25) is 0 Å². The molecule has 3 aromatic heterocycles. The first-order chi connectivity index (χ1) is 24.1. The molecule has 0 aliphatic heterocycles. The molecule has 0 bridgehead atoms. The summed E-state index contributed by atoms with van der Waals surface area (Å²) < 4.78 is 7.92. The van der Waals surface area contributed by atoms with Gasteiger partial charge in [-0.25, -0.2) is 0 Å². The molecule has 0 fully saturated rings. The summed E-state index contributed by atoms with van der Waals surface area (Å²) in [6.07, 6.45) is 6.64. The number of rotatable bonds is 9. The SMILES string of the molecule is CCC(C)(CC)C(=O)/C=C(\O)C(C)(CC)CC.Cc1cc2cccc(-c3oc4c(-c5[c-]c6ccccc6c(C(C)(C)C)c5)nccc4c3C)c2s1.[Ir]. The van der Waals surface area contributed by atoms with Gasteiger partial charge < -0.3 is 9.52 Å². The molecule has 0 saturated heterocycles. The van der Waals surface area contributed by atoms with Crippen molar-refractivity contribution < 1.29 is 34.4 Å². The van der Waals surface area contributed by atoms with Gasteiger partial charge in [0, 0.05) is 75.0 Å². The fourth-order valence-corrected chi connectivity index (χ4v) is 7.65. The van der Waals surface area contributed by atoms with Gasteiger partial charge in [-0.1, -0.05) is 104 Å². The first kappa shape index (κ1) is 41.2. The Labute approximate surface area is 328 Å². The average molecular weight is 893 g/mol. The van der Waals surface area contributed by atoms with E-state index in [1.807, 2.05) is 59.1 Å². The third-order valence-electron chi connectivity index (χ3n) is 11.2. The molecule has 0 spiro atoms. The Bertz CT molecular complexity index is 2220. The van der Waals surface area contributed by atoms with Gasteiger partial charge in [0.1, 0.15) is 17.1 Å². The van der Waals surface area contributed by atoms with Crippen molar-refractivity contribution in [3.05, 3.63) is 101 Å². The number of aliphatic hydroxyl groups is 1. The zero-order valence-corrected chi connectivity index (χ0v) is 35.9. The molecule has 0 unspecified atom stereocenters. The van der Waals surface area contributed by atoms with Gasteiger partial charge in [0.05, 0.1) is 0 Å². The van der Waals surface area contributed by atoms with E-state index in [0.717, 1.165) is 70.2 Å². The van der Waals surface area contributed by atoms with Crippen LogP contribution in [0.5, 0.6) is 0 Å². The van der Waals surface area contributed by atoms with Crippen LogP contribution in [0.25, 0.3) is 54.4 Å². The van der Waals surface area contributed by atoms with E-state index in [0.29, 0.717) is 0 Å². The van der Waals surface area contributed by atoms with Crippen molar-refractivity contribution in [2.45, 2.75) is 107 Å². The quantitative estimate of drug-likeness (QED) is 0.0892. The number of carbonyl (C=O) groups is 1. The molecular weight excluding hydrogens is 839 g/mol. The summed E-state index contributed by atoms with van der Waals surface area (Å²) >= 11 is 1.82. The average Bonchev–Trinajstić information content (AvgIpc) is 3.68. The predicted molar refractivity (Wildman–Crippen MR) is 218 cm³/mol. The van der Waals surface area contributed by atoms with E-state index in [1.165, 1.54) is 32.0 Å². The number of benzene rings is 3. The van der Waals surface area contributed by atoms with Gasteiger partial charge in [0.2, 0.25) is 0 Å². The van der Waals surface area contributed by atoms with Gasteiger partial charge in [-0.2, -0.15) is 0 Å². The fraction of sp³-hybridized carbons (Fsp3) is 0.391. The molecule has 277 valence electrons. The molecule has 0 amide bonds. The summed E-state index contributed by atoms with van der Waals surface area (Å²) in [5.74, 6) is 1.21. The first-order valence-electron chi connectivity index (χ1n) is 18.4. The van der Waals surface area contributed by atoms with Gasteiger partial charge in [-0.3, -0.25) is 9.78 Å². The molecule has 0 aliphatic carbocycles. The second kappa shape index (κ2) is 16.2. The smallest absolute Gasteiger partial charge is 0.164 e. The van der Waals surface area contributed by atoms with E-state index in [1.54, 1.807) is 0 Å². The minimum atomic E-state index is -0.337. The van der Waals surface area contributed by atoms with Crippen LogP contribution < -0.4 is 0 Å². The standard InChI is InChI=1S/C31H26NOS.C15H28O2.Ir/c1-18-15-21-10-8-12-25(30(21)34-18)28-19(2)23-13-14-32-27(29(23)33-28)22-16-20-9-6-7-11-24(20)26(17-22)31(3,4)5;1-7-14(5,8-2)12(16)11-13(17)15(6,9-3)10-4;/h6-15,17H,1-5H3;11,16H,7-10H2,1-6H3;/q-1;;/b;12-11-;. The number of carbonyl (C=O) groups excluding carboxylic acids is 1. The Morgan fingerprint density at radius 1 is 0.865 bits per heavy atom. The van der Waals surface area contributed by atoms with Gasteiger partial charge in [0.25, 0.3) is 0 Å². The Morgan fingerprint density at radius 3 is 2.15 bits per heavy atom. The summed E-state index contributed by atoms with van der Waals surface area (Å²) in [5, 5.41) is 14.8. The second-order valence-corrected chi connectivity index (χ2v) is 16.8. The molecule has 3 aromatic carbocycles. The number of hydrogen-bond donors (Lipinski definition) is 1. The molecule has 6 aromatic rings. The van der Waals surface area contributed by atoms with E-state index in [2.05, 4.69) is 101 Å². The number of hydrogen-bond acceptors (Lipinski definition) is 5.